The van der Waals surface area contributed by atoms with Crippen LogP contribution in [0.25, 0.3) is 0 Å². The first kappa shape index (κ1) is 11.4. The minimum absolute atomic E-state index is 0.842. The molecule has 0 radical (unpaired) electrons. The molecule has 0 aromatic rings. The highest BCUT2D eigenvalue weighted by atomic mass is 15.0. The summed E-state index contributed by atoms with van der Waals surface area (Å²) in [5.74, 6) is 1.98. The van der Waals surface area contributed by atoms with Crippen LogP contribution in [0, 0.1) is 11.8 Å². The fourth-order valence-electron chi connectivity index (χ4n) is 3.52. The molecule has 88 valence electrons. The summed E-state index contributed by atoms with van der Waals surface area (Å²) >= 11 is 0. The van der Waals surface area contributed by atoms with Crippen molar-refractivity contribution in [3.8, 4) is 0 Å². The van der Waals surface area contributed by atoms with Crippen molar-refractivity contribution in [3.63, 3.8) is 0 Å². The first-order chi connectivity index (χ1) is 7.28. The number of hydrogen-bond donors (Lipinski definition) is 1. The molecule has 1 heteroatoms. The Bertz CT molecular complexity index is 190. The van der Waals surface area contributed by atoms with Crippen LogP contribution in [0.2, 0.25) is 0 Å². The molecule has 1 nitrogen and oxygen atoms in total. The standard InChI is InChI=1S/C14H27N/c1-3-12-7-8-14(10-12)15-13-6-4-5-11(2)9-13/h11-15H,3-10H2,1-2H3. The number of hydrogen-bond acceptors (Lipinski definition) is 1. The Hall–Kier alpha value is -0.0400. The summed E-state index contributed by atoms with van der Waals surface area (Å²) < 4.78 is 0. The van der Waals surface area contributed by atoms with Crippen molar-refractivity contribution in [1.82, 2.24) is 5.32 Å². The van der Waals surface area contributed by atoms with Crippen molar-refractivity contribution in [2.24, 2.45) is 11.8 Å². The summed E-state index contributed by atoms with van der Waals surface area (Å²) in [6, 6.07) is 1.69. The predicted molar refractivity (Wildman–Crippen MR) is 66.0 cm³/mol. The topological polar surface area (TPSA) is 12.0 Å². The Morgan fingerprint density at radius 3 is 2.47 bits per heavy atom. The number of rotatable bonds is 3. The van der Waals surface area contributed by atoms with E-state index in [-0.39, 0.29) is 0 Å². The average Bonchev–Trinajstić information content (AvgIpc) is 2.65. The van der Waals surface area contributed by atoms with Crippen molar-refractivity contribution in [2.45, 2.75) is 77.3 Å². The minimum Gasteiger partial charge on any atom is -0.311 e. The van der Waals surface area contributed by atoms with E-state index >= 15 is 0 Å². The lowest BCUT2D eigenvalue weighted by Gasteiger charge is -2.30. The summed E-state index contributed by atoms with van der Waals surface area (Å²) in [5, 5.41) is 3.91. The van der Waals surface area contributed by atoms with Crippen LogP contribution in [-0.4, -0.2) is 12.1 Å². The molecule has 0 saturated heterocycles. The molecule has 15 heavy (non-hydrogen) atoms. The van der Waals surface area contributed by atoms with Gasteiger partial charge in [-0.1, -0.05) is 33.1 Å². The fourth-order valence-corrected chi connectivity index (χ4v) is 3.52. The smallest absolute Gasteiger partial charge is 0.00723 e. The molecule has 2 saturated carbocycles. The Labute approximate surface area is 95.0 Å². The van der Waals surface area contributed by atoms with Crippen LogP contribution >= 0.6 is 0 Å². The maximum absolute atomic E-state index is 3.91. The van der Waals surface area contributed by atoms with Gasteiger partial charge in [-0.3, -0.25) is 0 Å². The molecular formula is C14H27N. The SMILES string of the molecule is CCC1CCC(NC2CCCC(C)C2)C1. The highest BCUT2D eigenvalue weighted by Gasteiger charge is 2.27. The molecule has 0 aliphatic heterocycles. The van der Waals surface area contributed by atoms with E-state index < -0.39 is 0 Å². The van der Waals surface area contributed by atoms with Crippen LogP contribution in [0.15, 0.2) is 0 Å². The molecule has 0 spiro atoms. The third-order valence-corrected chi connectivity index (χ3v) is 4.53. The van der Waals surface area contributed by atoms with E-state index in [4.69, 9.17) is 0 Å². The van der Waals surface area contributed by atoms with Gasteiger partial charge < -0.3 is 5.32 Å². The van der Waals surface area contributed by atoms with Crippen molar-refractivity contribution in [1.29, 1.82) is 0 Å². The predicted octanol–water partition coefficient (Wildman–Crippen LogP) is 3.73. The van der Waals surface area contributed by atoms with Crippen molar-refractivity contribution in [3.05, 3.63) is 0 Å². The van der Waals surface area contributed by atoms with E-state index in [9.17, 15) is 0 Å². The summed E-state index contributed by atoms with van der Waals surface area (Å²) in [6.45, 7) is 4.76. The van der Waals surface area contributed by atoms with E-state index in [1.54, 1.807) is 0 Å². The van der Waals surface area contributed by atoms with Gasteiger partial charge in [0.15, 0.2) is 0 Å². The van der Waals surface area contributed by atoms with Crippen molar-refractivity contribution in [2.75, 3.05) is 0 Å². The largest absolute Gasteiger partial charge is 0.311 e. The molecular weight excluding hydrogens is 182 g/mol. The zero-order valence-electron chi connectivity index (χ0n) is 10.5. The zero-order chi connectivity index (χ0) is 10.7. The van der Waals surface area contributed by atoms with Gasteiger partial charge in [0.25, 0.3) is 0 Å². The van der Waals surface area contributed by atoms with E-state index in [2.05, 4.69) is 19.2 Å². The zero-order valence-corrected chi connectivity index (χ0v) is 10.5. The maximum atomic E-state index is 3.91. The second-order valence-corrected chi connectivity index (χ2v) is 5.92. The second-order valence-electron chi connectivity index (χ2n) is 5.92. The van der Waals surface area contributed by atoms with Crippen LogP contribution < -0.4 is 5.32 Å². The monoisotopic (exact) mass is 209 g/mol. The first-order valence-electron chi connectivity index (χ1n) is 7.04. The van der Waals surface area contributed by atoms with Crippen LogP contribution in [0.1, 0.15) is 65.2 Å². The minimum atomic E-state index is 0.842. The van der Waals surface area contributed by atoms with Crippen LogP contribution in [0.3, 0.4) is 0 Å². The molecule has 2 rings (SSSR count). The summed E-state index contributed by atoms with van der Waals surface area (Å²) in [7, 11) is 0. The van der Waals surface area contributed by atoms with Gasteiger partial charge in [0.2, 0.25) is 0 Å². The van der Waals surface area contributed by atoms with Gasteiger partial charge in [-0.05, 0) is 43.9 Å². The Morgan fingerprint density at radius 2 is 1.80 bits per heavy atom. The molecule has 2 aliphatic rings. The van der Waals surface area contributed by atoms with Gasteiger partial charge in [0.1, 0.15) is 0 Å². The lowest BCUT2D eigenvalue weighted by atomic mass is 9.86. The van der Waals surface area contributed by atoms with E-state index in [0.29, 0.717) is 0 Å². The van der Waals surface area contributed by atoms with E-state index in [1.165, 1.54) is 51.4 Å². The summed E-state index contributed by atoms with van der Waals surface area (Å²) in [5.41, 5.74) is 0. The van der Waals surface area contributed by atoms with Crippen LogP contribution in [-0.2, 0) is 0 Å². The fraction of sp³-hybridized carbons (Fsp3) is 1.00. The van der Waals surface area contributed by atoms with Crippen molar-refractivity contribution < 1.29 is 0 Å². The molecule has 0 heterocycles. The molecule has 4 unspecified atom stereocenters. The molecule has 0 aromatic carbocycles. The van der Waals surface area contributed by atoms with Crippen LogP contribution in [0.4, 0.5) is 0 Å². The lowest BCUT2D eigenvalue weighted by molar-refractivity contribution is 0.278. The van der Waals surface area contributed by atoms with E-state index in [1.807, 2.05) is 0 Å². The first-order valence-corrected chi connectivity index (χ1v) is 7.04. The van der Waals surface area contributed by atoms with E-state index in [0.717, 1.165) is 23.9 Å². The van der Waals surface area contributed by atoms with Gasteiger partial charge in [-0.25, -0.2) is 0 Å². The van der Waals surface area contributed by atoms with Crippen LogP contribution in [0.5, 0.6) is 0 Å². The van der Waals surface area contributed by atoms with Gasteiger partial charge >= 0.3 is 0 Å². The quantitative estimate of drug-likeness (QED) is 0.747. The summed E-state index contributed by atoms with van der Waals surface area (Å²) in [6.07, 6.45) is 11.5. The number of nitrogens with one attached hydrogen (secondary N) is 1. The summed E-state index contributed by atoms with van der Waals surface area (Å²) in [4.78, 5) is 0. The molecule has 0 amide bonds. The third kappa shape index (κ3) is 3.21. The van der Waals surface area contributed by atoms with Crippen molar-refractivity contribution >= 4 is 0 Å². The highest BCUT2D eigenvalue weighted by molar-refractivity contribution is 4.85. The van der Waals surface area contributed by atoms with Gasteiger partial charge in [-0.15, -0.1) is 0 Å². The molecule has 4 atom stereocenters. The molecule has 0 bridgehead atoms. The normalized spacial score (nSPS) is 42.0. The third-order valence-electron chi connectivity index (χ3n) is 4.53. The average molecular weight is 209 g/mol. The molecule has 2 fully saturated rings. The Morgan fingerprint density at radius 1 is 1.00 bits per heavy atom. The highest BCUT2D eigenvalue weighted by Crippen LogP contribution is 2.30. The lowest BCUT2D eigenvalue weighted by Crippen LogP contribution is -2.39. The Kier molecular flexibility index (Phi) is 4.07. The molecule has 1 N–H and O–H groups in total. The Balaban J connectivity index is 1.72. The molecule has 2 aliphatic carbocycles. The van der Waals surface area contributed by atoms with Gasteiger partial charge in [0, 0.05) is 12.1 Å². The van der Waals surface area contributed by atoms with Gasteiger partial charge in [0.05, 0.1) is 0 Å². The van der Waals surface area contributed by atoms with Gasteiger partial charge in [-0.2, -0.15) is 0 Å². The maximum Gasteiger partial charge on any atom is 0.00723 e. The second kappa shape index (κ2) is 5.34. The molecule has 0 aromatic heterocycles.